The maximum absolute atomic E-state index is 2.46. The first-order valence-corrected chi connectivity index (χ1v) is 17.0. The van der Waals surface area contributed by atoms with Crippen LogP contribution in [0.5, 0.6) is 0 Å². The summed E-state index contributed by atoms with van der Waals surface area (Å²) in [5.41, 5.74) is 7.62. The molecule has 0 aliphatic heterocycles. The molecule has 1 heterocycles. The van der Waals surface area contributed by atoms with Crippen LogP contribution in [0.25, 0.3) is 96.6 Å². The predicted molar refractivity (Wildman–Crippen MR) is 206 cm³/mol. The highest BCUT2D eigenvalue weighted by Gasteiger charge is 2.20. The summed E-state index contributed by atoms with van der Waals surface area (Å²) in [6.07, 6.45) is 0. The number of rotatable bonds is 3. The topological polar surface area (TPSA) is 0 Å². The smallest absolute Gasteiger partial charge is 0.0368 e. The van der Waals surface area contributed by atoms with Gasteiger partial charge in [-0.1, -0.05) is 146 Å². The lowest BCUT2D eigenvalue weighted by atomic mass is 9.83. The van der Waals surface area contributed by atoms with Crippen molar-refractivity contribution in [3.63, 3.8) is 0 Å². The van der Waals surface area contributed by atoms with Gasteiger partial charge in [-0.2, -0.15) is 0 Å². The Balaban J connectivity index is 1.34. The lowest BCUT2D eigenvalue weighted by Crippen LogP contribution is -1.92. The Morgan fingerprint density at radius 2 is 0.830 bits per heavy atom. The average Bonchev–Trinajstić information content (AvgIpc) is 3.52. The van der Waals surface area contributed by atoms with Crippen LogP contribution in [0.4, 0.5) is 0 Å². The molecule has 0 saturated carbocycles. The second kappa shape index (κ2) is 10.4. The molecule has 47 heavy (non-hydrogen) atoms. The van der Waals surface area contributed by atoms with E-state index in [4.69, 9.17) is 0 Å². The average molecular weight is 613 g/mol. The van der Waals surface area contributed by atoms with Gasteiger partial charge in [0.05, 0.1) is 0 Å². The molecule has 0 bridgehead atoms. The zero-order valence-electron chi connectivity index (χ0n) is 25.6. The number of thiophene rings is 1. The fourth-order valence-electron chi connectivity index (χ4n) is 7.83. The number of benzene rings is 9. The van der Waals surface area contributed by atoms with E-state index in [-0.39, 0.29) is 0 Å². The summed E-state index contributed by atoms with van der Waals surface area (Å²) in [5.74, 6) is 0. The van der Waals surface area contributed by atoms with E-state index in [1.54, 1.807) is 0 Å². The minimum atomic E-state index is 1.24. The monoisotopic (exact) mass is 612 g/mol. The van der Waals surface area contributed by atoms with Crippen molar-refractivity contribution in [3.8, 4) is 33.4 Å². The zero-order valence-corrected chi connectivity index (χ0v) is 26.4. The van der Waals surface area contributed by atoms with Gasteiger partial charge in [-0.15, -0.1) is 11.3 Å². The first-order valence-electron chi connectivity index (χ1n) is 16.2. The lowest BCUT2D eigenvalue weighted by molar-refractivity contribution is 1.66. The Hall–Kier alpha value is -5.76. The molecule has 9 aromatic carbocycles. The van der Waals surface area contributed by atoms with E-state index in [2.05, 4.69) is 170 Å². The van der Waals surface area contributed by atoms with Crippen molar-refractivity contribution in [1.82, 2.24) is 0 Å². The third-order valence-corrected chi connectivity index (χ3v) is 10.9. The second-order valence-corrected chi connectivity index (χ2v) is 13.5. The van der Waals surface area contributed by atoms with Gasteiger partial charge in [0.2, 0.25) is 0 Å². The molecule has 0 atom stereocenters. The number of hydrogen-bond donors (Lipinski definition) is 0. The molecular weight excluding hydrogens is 585 g/mol. The highest BCUT2D eigenvalue weighted by Crippen LogP contribution is 2.48. The van der Waals surface area contributed by atoms with Gasteiger partial charge < -0.3 is 0 Å². The second-order valence-electron chi connectivity index (χ2n) is 12.4. The van der Waals surface area contributed by atoms with Crippen LogP contribution in [0.2, 0.25) is 0 Å². The Morgan fingerprint density at radius 3 is 1.53 bits per heavy atom. The van der Waals surface area contributed by atoms with E-state index < -0.39 is 0 Å². The van der Waals surface area contributed by atoms with Crippen molar-refractivity contribution in [3.05, 3.63) is 170 Å². The standard InChI is InChI=1S/C46H28S/c1-2-14-29(15-3-1)44-35-20-8-10-22-37(35)45(38-23-11-9-21-36(38)44)41-27-31(26-30-16-4-5-17-32(30)41)40-28-43-46(34-19-7-6-18-33(34)40)39-24-12-13-25-42(39)47-43/h1-28H. The fraction of sp³-hybridized carbons (Fsp3) is 0. The Kier molecular flexibility index (Phi) is 5.85. The molecule has 0 fully saturated rings. The fourth-order valence-corrected chi connectivity index (χ4v) is 9.00. The highest BCUT2D eigenvalue weighted by atomic mass is 32.1. The van der Waals surface area contributed by atoms with Crippen LogP contribution < -0.4 is 0 Å². The van der Waals surface area contributed by atoms with Crippen molar-refractivity contribution in [2.45, 2.75) is 0 Å². The molecule has 0 N–H and O–H groups in total. The largest absolute Gasteiger partial charge is 0.135 e. The van der Waals surface area contributed by atoms with Crippen LogP contribution in [0, 0.1) is 0 Å². The molecule has 0 spiro atoms. The summed E-state index contributed by atoms with van der Waals surface area (Å²) < 4.78 is 2.66. The molecule has 0 radical (unpaired) electrons. The summed E-state index contributed by atoms with van der Waals surface area (Å²) in [6.45, 7) is 0. The third-order valence-electron chi connectivity index (χ3n) is 9.82. The molecule has 10 rings (SSSR count). The van der Waals surface area contributed by atoms with Gasteiger partial charge in [0, 0.05) is 20.2 Å². The molecule has 1 aromatic heterocycles. The van der Waals surface area contributed by atoms with Gasteiger partial charge in [-0.05, 0) is 101 Å². The van der Waals surface area contributed by atoms with Crippen molar-refractivity contribution in [2.75, 3.05) is 0 Å². The van der Waals surface area contributed by atoms with Gasteiger partial charge in [0.25, 0.3) is 0 Å². The first kappa shape index (κ1) is 26.5. The first-order chi connectivity index (χ1) is 23.3. The van der Waals surface area contributed by atoms with Crippen molar-refractivity contribution < 1.29 is 0 Å². The molecule has 0 saturated heterocycles. The van der Waals surface area contributed by atoms with Crippen LogP contribution in [-0.4, -0.2) is 0 Å². The van der Waals surface area contributed by atoms with E-state index in [0.29, 0.717) is 0 Å². The highest BCUT2D eigenvalue weighted by molar-refractivity contribution is 7.26. The minimum Gasteiger partial charge on any atom is -0.135 e. The molecule has 218 valence electrons. The maximum Gasteiger partial charge on any atom is 0.0368 e. The summed E-state index contributed by atoms with van der Waals surface area (Å²) in [5, 5.41) is 12.9. The van der Waals surface area contributed by atoms with Gasteiger partial charge >= 0.3 is 0 Å². The SMILES string of the molecule is c1ccc(-c2c3ccccc3c(-c3cc(-c4cc5sc6ccccc6c5c5ccccc45)cc4ccccc34)c3ccccc23)cc1. The minimum absolute atomic E-state index is 1.24. The van der Waals surface area contributed by atoms with Crippen molar-refractivity contribution in [1.29, 1.82) is 0 Å². The van der Waals surface area contributed by atoms with Crippen LogP contribution >= 0.6 is 11.3 Å². The maximum atomic E-state index is 2.46. The molecule has 1 heteroatoms. The molecule has 0 aliphatic carbocycles. The molecule has 0 aliphatic rings. The Morgan fingerprint density at radius 1 is 0.298 bits per heavy atom. The predicted octanol–water partition coefficient (Wildman–Crippen LogP) is 13.7. The Labute approximate surface area is 276 Å². The summed E-state index contributed by atoms with van der Waals surface area (Å²) >= 11 is 1.89. The van der Waals surface area contributed by atoms with Gasteiger partial charge in [0.1, 0.15) is 0 Å². The number of fused-ring (bicyclic) bond motifs is 8. The number of hydrogen-bond acceptors (Lipinski definition) is 1. The molecule has 10 aromatic rings. The van der Waals surface area contributed by atoms with Gasteiger partial charge in [-0.25, -0.2) is 0 Å². The van der Waals surface area contributed by atoms with Crippen LogP contribution in [0.1, 0.15) is 0 Å². The quantitative estimate of drug-likeness (QED) is 0.174. The van der Waals surface area contributed by atoms with Gasteiger partial charge in [0.15, 0.2) is 0 Å². The van der Waals surface area contributed by atoms with E-state index in [9.17, 15) is 0 Å². The third kappa shape index (κ3) is 4.00. The van der Waals surface area contributed by atoms with Gasteiger partial charge in [-0.3, -0.25) is 0 Å². The van der Waals surface area contributed by atoms with Crippen LogP contribution in [0.15, 0.2) is 170 Å². The summed E-state index contributed by atoms with van der Waals surface area (Å²) in [4.78, 5) is 0. The molecular formula is C46H28S. The lowest BCUT2D eigenvalue weighted by Gasteiger charge is -2.20. The molecule has 0 unspecified atom stereocenters. The van der Waals surface area contributed by atoms with E-state index in [1.807, 2.05) is 11.3 Å². The van der Waals surface area contributed by atoms with Crippen LogP contribution in [0.3, 0.4) is 0 Å². The van der Waals surface area contributed by atoms with E-state index in [1.165, 1.54) is 96.6 Å². The molecule has 0 nitrogen and oxygen atoms in total. The summed E-state index contributed by atoms with van der Waals surface area (Å²) in [6, 6.07) is 62.7. The van der Waals surface area contributed by atoms with Crippen molar-refractivity contribution >= 4 is 74.6 Å². The van der Waals surface area contributed by atoms with Crippen LogP contribution in [-0.2, 0) is 0 Å². The summed E-state index contributed by atoms with van der Waals surface area (Å²) in [7, 11) is 0. The Bertz CT molecular complexity index is 2780. The van der Waals surface area contributed by atoms with Crippen molar-refractivity contribution in [2.24, 2.45) is 0 Å². The van der Waals surface area contributed by atoms with E-state index in [0.717, 1.165) is 0 Å². The zero-order chi connectivity index (χ0) is 30.9. The molecule has 0 amide bonds. The van der Waals surface area contributed by atoms with E-state index >= 15 is 0 Å². The normalized spacial score (nSPS) is 11.8.